The second-order valence-corrected chi connectivity index (χ2v) is 2.49. The van der Waals surface area contributed by atoms with Gasteiger partial charge in [-0.05, 0) is 11.6 Å². The SMILES string of the molecule is COC(=Cc1ccccc1)C(N)=O. The highest BCUT2D eigenvalue weighted by Gasteiger charge is 2.02. The summed E-state index contributed by atoms with van der Waals surface area (Å²) in [7, 11) is 1.42. The Bertz CT molecular complexity index is 317. The molecule has 3 nitrogen and oxygen atoms in total. The van der Waals surface area contributed by atoms with E-state index < -0.39 is 5.91 Å². The van der Waals surface area contributed by atoms with Gasteiger partial charge in [0, 0.05) is 0 Å². The first-order valence-corrected chi connectivity index (χ1v) is 3.84. The lowest BCUT2D eigenvalue weighted by atomic mass is 10.2. The number of carbonyl (C=O) groups is 1. The number of hydrogen-bond acceptors (Lipinski definition) is 2. The molecular weight excluding hydrogens is 166 g/mol. The summed E-state index contributed by atoms with van der Waals surface area (Å²) in [5.74, 6) is -0.405. The smallest absolute Gasteiger partial charge is 0.283 e. The maximum atomic E-state index is 10.8. The molecule has 0 aliphatic rings. The number of amides is 1. The zero-order chi connectivity index (χ0) is 9.68. The molecule has 0 saturated carbocycles. The first-order chi connectivity index (χ1) is 6.24. The van der Waals surface area contributed by atoms with E-state index in [9.17, 15) is 4.79 Å². The Balaban J connectivity index is 2.92. The van der Waals surface area contributed by atoms with E-state index in [1.54, 1.807) is 6.08 Å². The summed E-state index contributed by atoms with van der Waals surface area (Å²) in [5, 5.41) is 0. The minimum atomic E-state index is -0.564. The van der Waals surface area contributed by atoms with E-state index in [0.29, 0.717) is 0 Å². The van der Waals surface area contributed by atoms with Gasteiger partial charge in [0.1, 0.15) is 0 Å². The molecule has 0 aliphatic heterocycles. The Morgan fingerprint density at radius 2 is 2.00 bits per heavy atom. The molecule has 2 N–H and O–H groups in total. The van der Waals surface area contributed by atoms with Crippen molar-refractivity contribution < 1.29 is 9.53 Å². The molecule has 0 aromatic heterocycles. The largest absolute Gasteiger partial charge is 0.491 e. The number of nitrogens with two attached hydrogens (primary N) is 1. The van der Waals surface area contributed by atoms with Crippen LogP contribution in [0.25, 0.3) is 6.08 Å². The van der Waals surface area contributed by atoms with Crippen LogP contribution in [0.4, 0.5) is 0 Å². The zero-order valence-corrected chi connectivity index (χ0v) is 7.36. The molecule has 1 aromatic rings. The van der Waals surface area contributed by atoms with E-state index in [4.69, 9.17) is 10.5 Å². The van der Waals surface area contributed by atoms with Gasteiger partial charge in [0.05, 0.1) is 7.11 Å². The van der Waals surface area contributed by atoms with Crippen LogP contribution in [0.15, 0.2) is 36.1 Å². The van der Waals surface area contributed by atoms with Crippen molar-refractivity contribution in [2.45, 2.75) is 0 Å². The van der Waals surface area contributed by atoms with Crippen molar-refractivity contribution in [2.24, 2.45) is 5.73 Å². The third-order valence-electron chi connectivity index (χ3n) is 1.56. The van der Waals surface area contributed by atoms with Gasteiger partial charge in [-0.2, -0.15) is 0 Å². The van der Waals surface area contributed by atoms with Crippen molar-refractivity contribution in [3.63, 3.8) is 0 Å². The minimum Gasteiger partial charge on any atom is -0.491 e. The fraction of sp³-hybridized carbons (Fsp3) is 0.100. The molecule has 0 saturated heterocycles. The molecule has 0 fully saturated rings. The molecule has 68 valence electrons. The molecule has 0 heterocycles. The minimum absolute atomic E-state index is 0.159. The number of methoxy groups -OCH3 is 1. The fourth-order valence-electron chi connectivity index (χ4n) is 0.931. The van der Waals surface area contributed by atoms with E-state index in [0.717, 1.165) is 5.56 Å². The molecule has 13 heavy (non-hydrogen) atoms. The van der Waals surface area contributed by atoms with E-state index in [2.05, 4.69) is 0 Å². The molecule has 0 spiro atoms. The summed E-state index contributed by atoms with van der Waals surface area (Å²) in [6, 6.07) is 9.37. The summed E-state index contributed by atoms with van der Waals surface area (Å²) in [6.07, 6.45) is 1.60. The molecule has 1 aromatic carbocycles. The molecule has 0 unspecified atom stereocenters. The number of hydrogen-bond donors (Lipinski definition) is 1. The van der Waals surface area contributed by atoms with Gasteiger partial charge in [0.2, 0.25) is 0 Å². The van der Waals surface area contributed by atoms with Crippen LogP contribution in [0.3, 0.4) is 0 Å². The molecule has 3 heteroatoms. The number of carbonyl (C=O) groups excluding carboxylic acids is 1. The van der Waals surface area contributed by atoms with Crippen molar-refractivity contribution in [3.8, 4) is 0 Å². The maximum Gasteiger partial charge on any atom is 0.283 e. The Hall–Kier alpha value is -1.77. The van der Waals surface area contributed by atoms with E-state index in [1.807, 2.05) is 30.3 Å². The third kappa shape index (κ3) is 2.63. The van der Waals surface area contributed by atoms with Crippen molar-refractivity contribution >= 4 is 12.0 Å². The van der Waals surface area contributed by atoms with Crippen LogP contribution in [0.2, 0.25) is 0 Å². The number of benzene rings is 1. The summed E-state index contributed by atoms with van der Waals surface area (Å²) in [4.78, 5) is 10.8. The predicted octanol–water partition coefficient (Wildman–Crippen LogP) is 1.16. The van der Waals surface area contributed by atoms with Crippen LogP contribution in [0.1, 0.15) is 5.56 Å². The number of ether oxygens (including phenoxy) is 1. The molecule has 0 radical (unpaired) electrons. The van der Waals surface area contributed by atoms with Gasteiger partial charge in [-0.25, -0.2) is 0 Å². The van der Waals surface area contributed by atoms with Crippen molar-refractivity contribution in [3.05, 3.63) is 41.7 Å². The second kappa shape index (κ2) is 4.30. The summed E-state index contributed by atoms with van der Waals surface area (Å²) in [6.45, 7) is 0. The van der Waals surface area contributed by atoms with Crippen LogP contribution in [-0.4, -0.2) is 13.0 Å². The predicted molar refractivity (Wildman–Crippen MR) is 50.6 cm³/mol. The monoisotopic (exact) mass is 177 g/mol. The Morgan fingerprint density at radius 3 is 2.46 bits per heavy atom. The highest BCUT2D eigenvalue weighted by Crippen LogP contribution is 2.06. The Morgan fingerprint density at radius 1 is 1.38 bits per heavy atom. The molecule has 1 amide bonds. The van der Waals surface area contributed by atoms with Gasteiger partial charge >= 0.3 is 0 Å². The summed E-state index contributed by atoms with van der Waals surface area (Å²) >= 11 is 0. The molecule has 1 rings (SSSR count). The van der Waals surface area contributed by atoms with Gasteiger partial charge in [-0.15, -0.1) is 0 Å². The maximum absolute atomic E-state index is 10.8. The average molecular weight is 177 g/mol. The lowest BCUT2D eigenvalue weighted by molar-refractivity contribution is -0.117. The van der Waals surface area contributed by atoms with Crippen molar-refractivity contribution in [1.82, 2.24) is 0 Å². The van der Waals surface area contributed by atoms with Crippen LogP contribution in [-0.2, 0) is 9.53 Å². The Labute approximate surface area is 76.8 Å². The van der Waals surface area contributed by atoms with Gasteiger partial charge in [-0.1, -0.05) is 30.3 Å². The molecule has 0 atom stereocenters. The molecule has 0 bridgehead atoms. The zero-order valence-electron chi connectivity index (χ0n) is 7.36. The van der Waals surface area contributed by atoms with Gasteiger partial charge in [0.25, 0.3) is 5.91 Å². The van der Waals surface area contributed by atoms with E-state index >= 15 is 0 Å². The van der Waals surface area contributed by atoms with Gasteiger partial charge in [0.15, 0.2) is 5.76 Å². The Kier molecular flexibility index (Phi) is 3.09. The average Bonchev–Trinajstić information content (AvgIpc) is 2.15. The lowest BCUT2D eigenvalue weighted by Gasteiger charge is -2.00. The van der Waals surface area contributed by atoms with Crippen LogP contribution < -0.4 is 5.73 Å². The number of primary amides is 1. The summed E-state index contributed by atoms with van der Waals surface area (Å²) < 4.78 is 4.80. The molecular formula is C10H11NO2. The number of rotatable bonds is 3. The highest BCUT2D eigenvalue weighted by molar-refractivity contribution is 5.94. The van der Waals surface area contributed by atoms with E-state index in [1.165, 1.54) is 7.11 Å². The van der Waals surface area contributed by atoms with Crippen LogP contribution in [0, 0.1) is 0 Å². The van der Waals surface area contributed by atoms with Gasteiger partial charge in [-0.3, -0.25) is 4.79 Å². The van der Waals surface area contributed by atoms with Crippen molar-refractivity contribution in [1.29, 1.82) is 0 Å². The molecule has 0 aliphatic carbocycles. The summed E-state index contributed by atoms with van der Waals surface area (Å²) in [5.41, 5.74) is 5.95. The third-order valence-corrected chi connectivity index (χ3v) is 1.56. The quantitative estimate of drug-likeness (QED) is 0.556. The highest BCUT2D eigenvalue weighted by atomic mass is 16.5. The van der Waals surface area contributed by atoms with Crippen LogP contribution >= 0.6 is 0 Å². The topological polar surface area (TPSA) is 52.3 Å². The standard InChI is InChI=1S/C10H11NO2/c1-13-9(10(11)12)7-8-5-3-2-4-6-8/h2-7H,1H3,(H2,11,12). The lowest BCUT2D eigenvalue weighted by Crippen LogP contribution is -2.14. The first-order valence-electron chi connectivity index (χ1n) is 3.84. The van der Waals surface area contributed by atoms with Crippen LogP contribution in [0.5, 0.6) is 0 Å². The van der Waals surface area contributed by atoms with Gasteiger partial charge < -0.3 is 10.5 Å². The normalized spacial score (nSPS) is 11.0. The van der Waals surface area contributed by atoms with Crippen molar-refractivity contribution in [2.75, 3.05) is 7.11 Å². The fourth-order valence-corrected chi connectivity index (χ4v) is 0.931. The second-order valence-electron chi connectivity index (χ2n) is 2.49. The first kappa shape index (κ1) is 9.32. The van der Waals surface area contributed by atoms with E-state index in [-0.39, 0.29) is 5.76 Å².